The number of hydrogen-bond acceptors (Lipinski definition) is 14. The molecule has 52 heavy (non-hydrogen) atoms. The molecule has 0 aromatic rings. The first-order valence-electron chi connectivity index (χ1n) is 18.7. The van der Waals surface area contributed by atoms with Crippen molar-refractivity contribution < 1.29 is 62.7 Å². The van der Waals surface area contributed by atoms with Crippen LogP contribution in [0.25, 0.3) is 0 Å². The molecule has 20 atom stereocenters. The molecule has 14 nitrogen and oxygen atoms in total. The number of rotatable bonds is 4. The van der Waals surface area contributed by atoms with Crippen LogP contribution in [0.5, 0.6) is 0 Å². The van der Waals surface area contributed by atoms with Gasteiger partial charge in [-0.2, -0.15) is 0 Å². The standard InChI is InChI=1S/C38H49NO13/c1-13-21-27(34(8)35(9,47)31(46)52-38(34)28(13)39-38)37(51-17(5)43)12-36(37)22-23(26(48-14(2)40)30(33(21,36)7)50-16(4)42)32(6)20(24(44)25(22)45)11-18-10-19(18)29(32)49-15(3)41/h13,18-23,25-30,39,45,47H,10-12H2,1-9H3/t13-,18?,19-,20+,21-,22?,23?,25+,26-,27+,28+,29-,30-,32-,33-,34-,35+,36-,37-,38-/m0/s1. The Kier molecular flexibility index (Phi) is 6.38. The second kappa shape index (κ2) is 9.57. The molecular weight excluding hydrogens is 678 g/mol. The topological polar surface area (TPSA) is 211 Å². The van der Waals surface area contributed by atoms with Crippen LogP contribution in [-0.2, 0) is 52.5 Å². The average Bonchev–Trinajstić information content (AvgIpc) is 3.96. The van der Waals surface area contributed by atoms with E-state index in [9.17, 15) is 39.0 Å². The van der Waals surface area contributed by atoms with E-state index in [-0.39, 0.29) is 24.2 Å². The van der Waals surface area contributed by atoms with Crippen molar-refractivity contribution in [1.29, 1.82) is 0 Å². The van der Waals surface area contributed by atoms with Crippen molar-refractivity contribution in [3.63, 3.8) is 0 Å². The maximum absolute atomic E-state index is 14.8. The van der Waals surface area contributed by atoms with Gasteiger partial charge in [-0.25, -0.2) is 4.79 Å². The highest BCUT2D eigenvalue weighted by Crippen LogP contribution is 2.93. The first kappa shape index (κ1) is 34.7. The van der Waals surface area contributed by atoms with Gasteiger partial charge in [-0.1, -0.05) is 27.7 Å². The van der Waals surface area contributed by atoms with E-state index in [4.69, 9.17) is 23.7 Å². The lowest BCUT2D eigenvalue weighted by Crippen LogP contribution is -2.75. The molecule has 284 valence electrons. The Morgan fingerprint density at radius 3 is 2.06 bits per heavy atom. The van der Waals surface area contributed by atoms with Gasteiger partial charge in [0.15, 0.2) is 17.1 Å². The number of Topliss-reactive ketones (excluding diaryl/α,β-unsaturated/α-hetero) is 1. The highest BCUT2D eigenvalue weighted by molar-refractivity contribution is 5.89. The van der Waals surface area contributed by atoms with Crippen LogP contribution < -0.4 is 5.32 Å². The van der Waals surface area contributed by atoms with Crippen LogP contribution in [0.2, 0.25) is 0 Å². The molecule has 14 heteroatoms. The minimum Gasteiger partial charge on any atom is -0.462 e. The van der Waals surface area contributed by atoms with Gasteiger partial charge >= 0.3 is 29.8 Å². The second-order valence-electron chi connectivity index (χ2n) is 18.6. The van der Waals surface area contributed by atoms with E-state index < -0.39 is 134 Å². The molecule has 0 aromatic heterocycles. The highest BCUT2D eigenvalue weighted by Gasteiger charge is 3.02. The van der Waals surface area contributed by atoms with Crippen molar-refractivity contribution >= 4 is 35.6 Å². The molecule has 0 bridgehead atoms. The predicted octanol–water partition coefficient (Wildman–Crippen LogP) is 1.21. The zero-order valence-corrected chi connectivity index (χ0v) is 31.0. The van der Waals surface area contributed by atoms with Gasteiger partial charge in [0.05, 0.1) is 11.5 Å². The quantitative estimate of drug-likeness (QED) is 0.211. The molecule has 2 heterocycles. The number of carbonyl (C=O) groups excluding carboxylic acids is 6. The number of ether oxygens (including phenoxy) is 5. The fraction of sp³-hybridized carbons (Fsp3) is 0.842. The fourth-order valence-electron chi connectivity index (χ4n) is 15.3. The number of ketones is 1. The monoisotopic (exact) mass is 727 g/mol. The van der Waals surface area contributed by atoms with Crippen molar-refractivity contribution in [3.8, 4) is 0 Å². The van der Waals surface area contributed by atoms with Gasteiger partial charge in [0, 0.05) is 67.6 Å². The molecule has 7 saturated carbocycles. The number of aliphatic hydroxyl groups excluding tert-OH is 1. The van der Waals surface area contributed by atoms with Crippen molar-refractivity contribution in [2.75, 3.05) is 0 Å². The Bertz CT molecular complexity index is 1780. The van der Waals surface area contributed by atoms with Crippen molar-refractivity contribution in [3.05, 3.63) is 0 Å². The normalized spacial score (nSPS) is 59.2. The summed E-state index contributed by atoms with van der Waals surface area (Å²) < 4.78 is 31.5. The molecule has 2 saturated heterocycles. The van der Waals surface area contributed by atoms with E-state index in [2.05, 4.69) is 5.32 Å². The van der Waals surface area contributed by atoms with Gasteiger partial charge in [-0.15, -0.1) is 0 Å². The molecule has 3 N–H and O–H groups in total. The molecule has 0 aromatic carbocycles. The molecule has 3 unspecified atom stereocenters. The lowest BCUT2D eigenvalue weighted by atomic mass is 9.39. The summed E-state index contributed by atoms with van der Waals surface area (Å²) >= 11 is 0. The van der Waals surface area contributed by atoms with Crippen LogP contribution in [0, 0.1) is 69.0 Å². The summed E-state index contributed by atoms with van der Waals surface area (Å²) in [5.74, 6) is -8.23. The molecule has 7 aliphatic carbocycles. The first-order valence-corrected chi connectivity index (χ1v) is 18.7. The lowest BCUT2D eigenvalue weighted by molar-refractivity contribution is -0.284. The number of carbonyl (C=O) groups is 6. The Morgan fingerprint density at radius 1 is 0.846 bits per heavy atom. The third kappa shape index (κ3) is 3.34. The second-order valence-corrected chi connectivity index (χ2v) is 18.6. The molecule has 9 rings (SSSR count). The van der Waals surface area contributed by atoms with Crippen LogP contribution in [-0.4, -0.2) is 93.2 Å². The van der Waals surface area contributed by atoms with E-state index in [1.807, 2.05) is 20.8 Å². The minimum atomic E-state index is -2.08. The van der Waals surface area contributed by atoms with E-state index in [1.54, 1.807) is 6.92 Å². The number of aliphatic hydroxyl groups is 2. The van der Waals surface area contributed by atoms with E-state index in [0.29, 0.717) is 6.42 Å². The van der Waals surface area contributed by atoms with Crippen molar-refractivity contribution in [2.45, 2.75) is 129 Å². The molecular formula is C38H49NO13. The average molecular weight is 728 g/mol. The summed E-state index contributed by atoms with van der Waals surface area (Å²) in [6.45, 7) is 14.0. The summed E-state index contributed by atoms with van der Waals surface area (Å²) in [7, 11) is 0. The molecule has 9 aliphatic rings. The van der Waals surface area contributed by atoms with E-state index >= 15 is 0 Å². The zero-order valence-electron chi connectivity index (χ0n) is 31.0. The number of fused-ring (bicyclic) bond motifs is 8. The third-order valence-electron chi connectivity index (χ3n) is 16.9. The Labute approximate surface area is 301 Å². The van der Waals surface area contributed by atoms with Gasteiger partial charge in [0.2, 0.25) is 0 Å². The van der Waals surface area contributed by atoms with Crippen molar-refractivity contribution in [2.24, 2.45) is 69.0 Å². The maximum Gasteiger partial charge on any atom is 0.340 e. The largest absolute Gasteiger partial charge is 0.462 e. The Hall–Kier alpha value is -3.10. The third-order valence-corrected chi connectivity index (χ3v) is 16.9. The number of hydrogen-bond donors (Lipinski definition) is 3. The first-order chi connectivity index (χ1) is 24.1. The lowest BCUT2D eigenvalue weighted by Gasteiger charge is -2.66. The number of nitrogens with one attached hydrogen (secondary N) is 1. The minimum absolute atomic E-state index is 0.0675. The Morgan fingerprint density at radius 2 is 1.46 bits per heavy atom. The maximum atomic E-state index is 14.8. The summed E-state index contributed by atoms with van der Waals surface area (Å²) in [6, 6.07) is -0.446. The van der Waals surface area contributed by atoms with Gasteiger partial charge in [-0.05, 0) is 49.9 Å². The number of esters is 5. The smallest absolute Gasteiger partial charge is 0.340 e. The van der Waals surface area contributed by atoms with Crippen LogP contribution in [0.3, 0.4) is 0 Å². The SMILES string of the molecule is CC(=O)O[C@H]1C2C([C@@H](O)C(=O)[C@H]3CC4C[C@@H]4[C@H](OC(C)=O)[C@]23C)[C@]23C[C@]2(OC(C)=O)[C@@H]2[C@H]([C@H](C)[C@H]4N[C@]45OC(=O)[C@@](C)(O)[C@]25C)[C@@]3(C)[C@H]1OC(C)=O. The van der Waals surface area contributed by atoms with Crippen LogP contribution in [0.15, 0.2) is 0 Å². The van der Waals surface area contributed by atoms with Crippen LogP contribution in [0.1, 0.15) is 81.6 Å². The predicted molar refractivity (Wildman–Crippen MR) is 173 cm³/mol. The van der Waals surface area contributed by atoms with Gasteiger partial charge in [0.1, 0.15) is 30.0 Å². The summed E-state index contributed by atoms with van der Waals surface area (Å²) in [6.07, 6.45) is -3.55. The summed E-state index contributed by atoms with van der Waals surface area (Å²) in [4.78, 5) is 81.2. The van der Waals surface area contributed by atoms with Gasteiger partial charge in [0.25, 0.3) is 0 Å². The molecule has 0 amide bonds. The van der Waals surface area contributed by atoms with Gasteiger partial charge < -0.3 is 33.9 Å². The van der Waals surface area contributed by atoms with Crippen molar-refractivity contribution in [1.82, 2.24) is 5.32 Å². The van der Waals surface area contributed by atoms with Crippen LogP contribution in [0.4, 0.5) is 0 Å². The molecule has 2 spiro atoms. The molecule has 9 fully saturated rings. The van der Waals surface area contributed by atoms with E-state index in [0.717, 1.165) is 6.42 Å². The van der Waals surface area contributed by atoms with E-state index in [1.165, 1.54) is 34.6 Å². The fourth-order valence-corrected chi connectivity index (χ4v) is 15.3. The molecule has 2 aliphatic heterocycles. The summed E-state index contributed by atoms with van der Waals surface area (Å²) in [5.41, 5.74) is -10.1. The zero-order chi connectivity index (χ0) is 37.8. The highest BCUT2D eigenvalue weighted by atomic mass is 16.6. The van der Waals surface area contributed by atoms with Crippen LogP contribution >= 0.6 is 0 Å². The molecule has 0 radical (unpaired) electrons. The summed E-state index contributed by atoms with van der Waals surface area (Å²) in [5, 5.41) is 28.2. The Balaban J connectivity index is 1.36. The van der Waals surface area contributed by atoms with Gasteiger partial charge in [-0.3, -0.25) is 29.3 Å².